The molecule has 2 aliphatic carbocycles. The Labute approximate surface area is 98.1 Å². The van der Waals surface area contributed by atoms with Gasteiger partial charge in [0.15, 0.2) is 0 Å². The predicted molar refractivity (Wildman–Crippen MR) is 62.4 cm³/mol. The summed E-state index contributed by atoms with van der Waals surface area (Å²) >= 11 is 0. The fraction of sp³-hybridized carbons (Fsp3) is 1.00. The van der Waals surface area contributed by atoms with Gasteiger partial charge in [0.25, 0.3) is 0 Å². The van der Waals surface area contributed by atoms with Gasteiger partial charge in [-0.2, -0.15) is 0 Å². The van der Waals surface area contributed by atoms with Crippen molar-refractivity contribution >= 4 is 0 Å². The molecule has 2 rings (SSSR count). The molecule has 3 unspecified atom stereocenters. The minimum Gasteiger partial charge on any atom is -0.390 e. The van der Waals surface area contributed by atoms with Gasteiger partial charge in [0.1, 0.15) is 6.10 Å². The van der Waals surface area contributed by atoms with Crippen molar-refractivity contribution in [2.75, 3.05) is 13.2 Å². The van der Waals surface area contributed by atoms with Gasteiger partial charge >= 0.3 is 0 Å². The van der Waals surface area contributed by atoms with E-state index in [2.05, 4.69) is 6.92 Å². The van der Waals surface area contributed by atoms with Crippen LogP contribution in [0.1, 0.15) is 45.4 Å². The Morgan fingerprint density at radius 3 is 2.56 bits per heavy atom. The summed E-state index contributed by atoms with van der Waals surface area (Å²) in [5.74, 6) is 0.754. The third kappa shape index (κ3) is 2.96. The van der Waals surface area contributed by atoms with Gasteiger partial charge in [0.2, 0.25) is 0 Å². The molecular weight excluding hydrogens is 204 g/mol. The second-order valence-corrected chi connectivity index (χ2v) is 5.16. The van der Waals surface area contributed by atoms with Gasteiger partial charge in [-0.15, -0.1) is 0 Å². The third-order valence-corrected chi connectivity index (χ3v) is 3.75. The Balaban J connectivity index is 1.64. The van der Waals surface area contributed by atoms with Crippen LogP contribution in [0.2, 0.25) is 0 Å². The van der Waals surface area contributed by atoms with E-state index in [1.807, 2.05) is 0 Å². The van der Waals surface area contributed by atoms with Crippen molar-refractivity contribution in [3.63, 3.8) is 0 Å². The number of hydrogen-bond acceptors (Lipinski definition) is 3. The molecule has 94 valence electrons. The number of rotatable bonds is 6. The number of ether oxygens (including phenoxy) is 2. The van der Waals surface area contributed by atoms with E-state index in [-0.39, 0.29) is 18.3 Å². The lowest BCUT2D eigenvalue weighted by atomic mass is 9.88. The summed E-state index contributed by atoms with van der Waals surface area (Å²) in [6, 6.07) is 0. The van der Waals surface area contributed by atoms with Gasteiger partial charge in [0.05, 0.1) is 12.2 Å². The molecule has 2 fully saturated rings. The quantitative estimate of drug-likeness (QED) is 0.757. The van der Waals surface area contributed by atoms with Crippen LogP contribution in [-0.4, -0.2) is 36.6 Å². The maximum absolute atomic E-state index is 9.59. The summed E-state index contributed by atoms with van der Waals surface area (Å²) in [4.78, 5) is 0. The molecule has 0 aromatic rings. The molecule has 2 aliphatic rings. The van der Waals surface area contributed by atoms with Crippen LogP contribution in [0.4, 0.5) is 0 Å². The van der Waals surface area contributed by atoms with E-state index in [0.29, 0.717) is 0 Å². The van der Waals surface area contributed by atoms with Gasteiger partial charge in [-0.05, 0) is 25.2 Å². The minimum absolute atomic E-state index is 0.0682. The lowest BCUT2D eigenvalue weighted by Gasteiger charge is -2.41. The van der Waals surface area contributed by atoms with E-state index < -0.39 is 0 Å². The van der Waals surface area contributed by atoms with E-state index in [1.54, 1.807) is 0 Å². The molecule has 3 heteroatoms. The van der Waals surface area contributed by atoms with Gasteiger partial charge in [-0.1, -0.05) is 19.8 Å². The van der Waals surface area contributed by atoms with Crippen LogP contribution >= 0.6 is 0 Å². The Morgan fingerprint density at radius 1 is 1.19 bits per heavy atom. The molecular formula is C13H24O3. The molecule has 0 spiro atoms. The number of aliphatic hydroxyl groups excluding tert-OH is 1. The molecule has 2 saturated carbocycles. The SMILES string of the molecule is CCCOC1C(O)CC1OCC1CCCC1. The monoisotopic (exact) mass is 228 g/mol. The van der Waals surface area contributed by atoms with Crippen molar-refractivity contribution < 1.29 is 14.6 Å². The Hall–Kier alpha value is -0.120. The van der Waals surface area contributed by atoms with Crippen molar-refractivity contribution in [3.05, 3.63) is 0 Å². The molecule has 0 bridgehead atoms. The van der Waals surface area contributed by atoms with Crippen molar-refractivity contribution in [2.24, 2.45) is 5.92 Å². The highest BCUT2D eigenvalue weighted by Gasteiger charge is 2.42. The first kappa shape index (κ1) is 12.3. The molecule has 3 atom stereocenters. The lowest BCUT2D eigenvalue weighted by molar-refractivity contribution is -0.195. The largest absolute Gasteiger partial charge is 0.390 e. The molecule has 0 radical (unpaired) electrons. The first-order valence-corrected chi connectivity index (χ1v) is 6.72. The average Bonchev–Trinajstić information content (AvgIpc) is 2.77. The fourth-order valence-corrected chi connectivity index (χ4v) is 2.63. The topological polar surface area (TPSA) is 38.7 Å². The van der Waals surface area contributed by atoms with Crippen molar-refractivity contribution in [1.29, 1.82) is 0 Å². The number of hydrogen-bond donors (Lipinski definition) is 1. The molecule has 16 heavy (non-hydrogen) atoms. The Kier molecular flexibility index (Phi) is 4.62. The van der Waals surface area contributed by atoms with Gasteiger partial charge < -0.3 is 14.6 Å². The van der Waals surface area contributed by atoms with Gasteiger partial charge in [-0.25, -0.2) is 0 Å². The van der Waals surface area contributed by atoms with Crippen molar-refractivity contribution in [3.8, 4) is 0 Å². The predicted octanol–water partition coefficient (Wildman–Crippen LogP) is 2.12. The molecule has 3 nitrogen and oxygen atoms in total. The van der Waals surface area contributed by atoms with E-state index in [1.165, 1.54) is 25.7 Å². The molecule has 0 saturated heterocycles. The zero-order valence-electron chi connectivity index (χ0n) is 10.2. The zero-order valence-corrected chi connectivity index (χ0v) is 10.2. The summed E-state index contributed by atoms with van der Waals surface area (Å²) in [7, 11) is 0. The van der Waals surface area contributed by atoms with E-state index in [0.717, 1.165) is 32.0 Å². The maximum atomic E-state index is 9.59. The molecule has 0 aromatic carbocycles. The van der Waals surface area contributed by atoms with Gasteiger partial charge in [0, 0.05) is 19.6 Å². The summed E-state index contributed by atoms with van der Waals surface area (Å²) in [5, 5.41) is 9.59. The number of aliphatic hydroxyl groups is 1. The summed E-state index contributed by atoms with van der Waals surface area (Å²) < 4.78 is 11.4. The highest BCUT2D eigenvalue weighted by atomic mass is 16.6. The van der Waals surface area contributed by atoms with Gasteiger partial charge in [-0.3, -0.25) is 0 Å². The standard InChI is InChI=1S/C13H24O3/c1-2-7-15-13-11(14)8-12(13)16-9-10-5-3-4-6-10/h10-14H,2-9H2,1H3. The van der Waals surface area contributed by atoms with Crippen LogP contribution in [0.5, 0.6) is 0 Å². The van der Waals surface area contributed by atoms with E-state index >= 15 is 0 Å². The van der Waals surface area contributed by atoms with Crippen molar-refractivity contribution in [1.82, 2.24) is 0 Å². The summed E-state index contributed by atoms with van der Waals surface area (Å²) in [6.07, 6.45) is 6.86. The maximum Gasteiger partial charge on any atom is 0.110 e. The van der Waals surface area contributed by atoms with Crippen LogP contribution in [0.3, 0.4) is 0 Å². The Bertz CT molecular complexity index is 201. The second kappa shape index (κ2) is 5.99. The minimum atomic E-state index is -0.305. The molecule has 1 N–H and O–H groups in total. The second-order valence-electron chi connectivity index (χ2n) is 5.16. The highest BCUT2D eigenvalue weighted by Crippen LogP contribution is 2.30. The van der Waals surface area contributed by atoms with Crippen LogP contribution in [0.15, 0.2) is 0 Å². The fourth-order valence-electron chi connectivity index (χ4n) is 2.63. The van der Waals surface area contributed by atoms with E-state index in [9.17, 15) is 5.11 Å². The van der Waals surface area contributed by atoms with Crippen molar-refractivity contribution in [2.45, 2.75) is 63.8 Å². The molecule has 0 heterocycles. The Morgan fingerprint density at radius 2 is 1.94 bits per heavy atom. The summed E-state index contributed by atoms with van der Waals surface area (Å²) in [5.41, 5.74) is 0. The molecule has 0 aliphatic heterocycles. The first-order chi connectivity index (χ1) is 7.81. The average molecular weight is 228 g/mol. The lowest BCUT2D eigenvalue weighted by Crippen LogP contribution is -2.54. The van der Waals surface area contributed by atoms with Crippen LogP contribution in [-0.2, 0) is 9.47 Å². The van der Waals surface area contributed by atoms with Crippen LogP contribution in [0.25, 0.3) is 0 Å². The highest BCUT2D eigenvalue weighted by molar-refractivity contribution is 4.92. The third-order valence-electron chi connectivity index (χ3n) is 3.75. The first-order valence-electron chi connectivity index (χ1n) is 6.72. The van der Waals surface area contributed by atoms with Crippen LogP contribution in [0, 0.1) is 5.92 Å². The normalized spacial score (nSPS) is 35.2. The summed E-state index contributed by atoms with van der Waals surface area (Å²) in [6.45, 7) is 3.67. The molecule has 0 aromatic heterocycles. The van der Waals surface area contributed by atoms with E-state index in [4.69, 9.17) is 9.47 Å². The zero-order chi connectivity index (χ0) is 11.4. The smallest absolute Gasteiger partial charge is 0.110 e. The van der Waals surface area contributed by atoms with Crippen LogP contribution < -0.4 is 0 Å². The molecule has 0 amide bonds.